The van der Waals surface area contributed by atoms with Gasteiger partial charge in [-0.2, -0.15) is 15.5 Å². The van der Waals surface area contributed by atoms with Crippen molar-refractivity contribution in [2.45, 2.75) is 32.7 Å². The molecule has 0 unspecified atom stereocenters. The number of aromatic nitrogens is 4. The van der Waals surface area contributed by atoms with Crippen molar-refractivity contribution in [3.05, 3.63) is 46.0 Å². The molecular formula is C17H20N6O. The van der Waals surface area contributed by atoms with Crippen molar-refractivity contribution >= 4 is 5.82 Å². The fourth-order valence-corrected chi connectivity index (χ4v) is 2.73. The van der Waals surface area contributed by atoms with Gasteiger partial charge in [0.15, 0.2) is 5.82 Å². The van der Waals surface area contributed by atoms with Crippen molar-refractivity contribution in [1.29, 1.82) is 5.26 Å². The molecule has 1 saturated heterocycles. The summed E-state index contributed by atoms with van der Waals surface area (Å²) in [4.78, 5) is 14.1. The Labute approximate surface area is 140 Å². The third kappa shape index (κ3) is 3.13. The zero-order valence-corrected chi connectivity index (χ0v) is 14.1. The standard InChI is InChI=1S/C17H20N6O/c1-17(2,3)14-4-5-15(24)23(21-14)11-12-9-22(10-12)16-13(8-18)6-7-19-20-16/h4-7,12H,9-11H2,1-3H3. The second-order valence-corrected chi connectivity index (χ2v) is 7.14. The molecule has 0 bridgehead atoms. The first-order valence-corrected chi connectivity index (χ1v) is 7.94. The summed E-state index contributed by atoms with van der Waals surface area (Å²) in [6.07, 6.45) is 1.51. The highest BCUT2D eigenvalue weighted by Crippen LogP contribution is 2.26. The number of anilines is 1. The molecule has 124 valence electrons. The highest BCUT2D eigenvalue weighted by atomic mass is 16.1. The van der Waals surface area contributed by atoms with E-state index in [0.717, 1.165) is 18.8 Å². The van der Waals surface area contributed by atoms with Gasteiger partial charge in [0.05, 0.1) is 24.0 Å². The molecule has 3 rings (SSSR count). The Morgan fingerprint density at radius 3 is 2.71 bits per heavy atom. The van der Waals surface area contributed by atoms with Crippen LogP contribution in [0.15, 0.2) is 29.2 Å². The molecule has 0 radical (unpaired) electrons. The molecule has 1 aliphatic rings. The number of rotatable bonds is 3. The van der Waals surface area contributed by atoms with E-state index in [9.17, 15) is 4.79 Å². The lowest BCUT2D eigenvalue weighted by atomic mass is 9.92. The second kappa shape index (κ2) is 6.04. The van der Waals surface area contributed by atoms with E-state index in [1.54, 1.807) is 22.9 Å². The molecule has 7 heteroatoms. The monoisotopic (exact) mass is 324 g/mol. The van der Waals surface area contributed by atoms with Gasteiger partial charge in [0, 0.05) is 30.5 Å². The van der Waals surface area contributed by atoms with E-state index in [1.807, 2.05) is 4.90 Å². The van der Waals surface area contributed by atoms with Gasteiger partial charge < -0.3 is 4.90 Å². The first-order valence-electron chi connectivity index (χ1n) is 7.94. The highest BCUT2D eigenvalue weighted by Gasteiger charge is 2.30. The van der Waals surface area contributed by atoms with Crippen LogP contribution in [-0.2, 0) is 12.0 Å². The number of nitrogens with zero attached hydrogens (tertiary/aromatic N) is 6. The summed E-state index contributed by atoms with van der Waals surface area (Å²) in [5.74, 6) is 0.916. The molecule has 0 aromatic carbocycles. The molecule has 0 spiro atoms. The van der Waals surface area contributed by atoms with Crippen molar-refractivity contribution in [2.75, 3.05) is 18.0 Å². The van der Waals surface area contributed by atoms with E-state index in [-0.39, 0.29) is 11.0 Å². The molecular weight excluding hydrogens is 304 g/mol. The Kier molecular flexibility index (Phi) is 4.06. The molecule has 2 aromatic heterocycles. The molecule has 7 nitrogen and oxygen atoms in total. The Morgan fingerprint density at radius 1 is 1.29 bits per heavy atom. The molecule has 0 N–H and O–H groups in total. The van der Waals surface area contributed by atoms with Crippen LogP contribution in [0, 0.1) is 17.2 Å². The Morgan fingerprint density at radius 2 is 2.04 bits per heavy atom. The maximum Gasteiger partial charge on any atom is 0.266 e. The van der Waals surface area contributed by atoms with Crippen molar-refractivity contribution in [3.63, 3.8) is 0 Å². The predicted molar refractivity (Wildman–Crippen MR) is 89.6 cm³/mol. The Hall–Kier alpha value is -2.75. The van der Waals surface area contributed by atoms with Gasteiger partial charge in [-0.1, -0.05) is 20.8 Å². The molecule has 3 heterocycles. The fourth-order valence-electron chi connectivity index (χ4n) is 2.73. The molecule has 0 atom stereocenters. The van der Waals surface area contributed by atoms with Crippen LogP contribution in [0.1, 0.15) is 32.0 Å². The van der Waals surface area contributed by atoms with Gasteiger partial charge in [0.2, 0.25) is 0 Å². The van der Waals surface area contributed by atoms with Gasteiger partial charge in [-0.05, 0) is 12.1 Å². The van der Waals surface area contributed by atoms with Gasteiger partial charge in [0.25, 0.3) is 5.56 Å². The first kappa shape index (κ1) is 16.1. The first-order chi connectivity index (χ1) is 11.4. The summed E-state index contributed by atoms with van der Waals surface area (Å²) in [5, 5.41) is 21.5. The summed E-state index contributed by atoms with van der Waals surface area (Å²) in [6, 6.07) is 7.17. The largest absolute Gasteiger partial charge is 0.353 e. The lowest BCUT2D eigenvalue weighted by molar-refractivity contribution is 0.327. The minimum absolute atomic E-state index is 0.0846. The molecule has 24 heavy (non-hydrogen) atoms. The average molecular weight is 324 g/mol. The summed E-state index contributed by atoms with van der Waals surface area (Å²) >= 11 is 0. The van der Waals surface area contributed by atoms with Crippen LogP contribution >= 0.6 is 0 Å². The third-order valence-electron chi connectivity index (χ3n) is 4.14. The van der Waals surface area contributed by atoms with Gasteiger partial charge in [-0.25, -0.2) is 4.68 Å². The van der Waals surface area contributed by atoms with E-state index >= 15 is 0 Å². The minimum Gasteiger partial charge on any atom is -0.353 e. The van der Waals surface area contributed by atoms with E-state index in [1.165, 1.54) is 6.20 Å². The molecule has 1 aliphatic heterocycles. The molecule has 0 aliphatic carbocycles. The minimum atomic E-state index is -0.0948. The fraction of sp³-hybridized carbons (Fsp3) is 0.471. The van der Waals surface area contributed by atoms with E-state index < -0.39 is 0 Å². The van der Waals surface area contributed by atoms with Crippen LogP contribution in [0.3, 0.4) is 0 Å². The maximum atomic E-state index is 12.0. The van der Waals surface area contributed by atoms with Crippen LogP contribution < -0.4 is 10.5 Å². The van der Waals surface area contributed by atoms with Gasteiger partial charge >= 0.3 is 0 Å². The van der Waals surface area contributed by atoms with Crippen LogP contribution in [0.4, 0.5) is 5.82 Å². The molecule has 1 fully saturated rings. The predicted octanol–water partition coefficient (Wildman–Crippen LogP) is 1.34. The van der Waals surface area contributed by atoms with Crippen LogP contribution in [0.5, 0.6) is 0 Å². The Balaban J connectivity index is 1.70. The zero-order valence-electron chi connectivity index (χ0n) is 14.1. The quantitative estimate of drug-likeness (QED) is 0.846. The van der Waals surface area contributed by atoms with Crippen LogP contribution in [0.2, 0.25) is 0 Å². The average Bonchev–Trinajstić information content (AvgIpc) is 2.51. The summed E-state index contributed by atoms with van der Waals surface area (Å²) in [6.45, 7) is 8.27. The SMILES string of the molecule is CC(C)(C)c1ccc(=O)n(CC2CN(c3nnccc3C#N)C2)n1. The van der Waals surface area contributed by atoms with Gasteiger partial charge in [-0.3, -0.25) is 4.79 Å². The lowest BCUT2D eigenvalue weighted by Crippen LogP contribution is -2.50. The van der Waals surface area contributed by atoms with Gasteiger partial charge in [-0.15, -0.1) is 5.10 Å². The lowest BCUT2D eigenvalue weighted by Gasteiger charge is -2.40. The van der Waals surface area contributed by atoms with Crippen molar-refractivity contribution < 1.29 is 0 Å². The Bertz CT molecular complexity index is 839. The third-order valence-corrected chi connectivity index (χ3v) is 4.14. The summed E-state index contributed by atoms with van der Waals surface area (Å²) in [5.41, 5.74) is 1.24. The van der Waals surface area contributed by atoms with Crippen LogP contribution in [-0.4, -0.2) is 33.1 Å². The highest BCUT2D eigenvalue weighted by molar-refractivity contribution is 5.54. The summed E-state index contributed by atoms with van der Waals surface area (Å²) in [7, 11) is 0. The zero-order chi connectivity index (χ0) is 17.3. The molecule has 0 saturated carbocycles. The van der Waals surface area contributed by atoms with Crippen molar-refractivity contribution in [3.8, 4) is 6.07 Å². The number of hydrogen-bond donors (Lipinski definition) is 0. The second-order valence-electron chi connectivity index (χ2n) is 7.14. The normalized spacial score (nSPS) is 15.0. The van der Waals surface area contributed by atoms with Gasteiger partial charge in [0.1, 0.15) is 6.07 Å². The molecule has 2 aromatic rings. The maximum absolute atomic E-state index is 12.0. The smallest absolute Gasteiger partial charge is 0.266 e. The van der Waals surface area contributed by atoms with E-state index in [0.29, 0.717) is 23.8 Å². The van der Waals surface area contributed by atoms with E-state index in [4.69, 9.17) is 5.26 Å². The number of hydrogen-bond acceptors (Lipinski definition) is 6. The van der Waals surface area contributed by atoms with Crippen molar-refractivity contribution in [1.82, 2.24) is 20.0 Å². The van der Waals surface area contributed by atoms with Crippen LogP contribution in [0.25, 0.3) is 0 Å². The summed E-state index contributed by atoms with van der Waals surface area (Å²) < 4.78 is 1.55. The molecule has 0 amide bonds. The number of nitriles is 1. The topological polar surface area (TPSA) is 87.7 Å². The van der Waals surface area contributed by atoms with Crippen molar-refractivity contribution in [2.24, 2.45) is 5.92 Å². The van der Waals surface area contributed by atoms with E-state index in [2.05, 4.69) is 42.1 Å².